The van der Waals surface area contributed by atoms with Gasteiger partial charge >= 0.3 is 0 Å². The lowest BCUT2D eigenvalue weighted by Crippen LogP contribution is -2.29. The van der Waals surface area contributed by atoms with E-state index in [9.17, 15) is 9.59 Å². The van der Waals surface area contributed by atoms with Gasteiger partial charge in [0.1, 0.15) is 12.4 Å². The van der Waals surface area contributed by atoms with Crippen LogP contribution in [0.15, 0.2) is 36.7 Å². The van der Waals surface area contributed by atoms with Gasteiger partial charge in [-0.15, -0.1) is 0 Å². The third-order valence-corrected chi connectivity index (χ3v) is 5.25. The lowest BCUT2D eigenvalue weighted by Gasteiger charge is -2.16. The highest BCUT2D eigenvalue weighted by atomic mass is 16.2. The maximum absolute atomic E-state index is 13.0. The van der Waals surface area contributed by atoms with Crippen molar-refractivity contribution in [2.75, 3.05) is 0 Å². The van der Waals surface area contributed by atoms with Crippen molar-refractivity contribution in [3.05, 3.63) is 59.3 Å². The summed E-state index contributed by atoms with van der Waals surface area (Å²) in [6, 6.07) is 7.78. The Bertz CT molecular complexity index is 1050. The van der Waals surface area contributed by atoms with Crippen LogP contribution in [0.25, 0.3) is 10.9 Å². The van der Waals surface area contributed by atoms with Crippen LogP contribution < -0.4 is 0 Å². The molecular formula is C22H24N4O2. The zero-order valence-electron chi connectivity index (χ0n) is 16.3. The number of rotatable bonds is 6. The van der Waals surface area contributed by atoms with Crippen LogP contribution in [0.2, 0.25) is 0 Å². The van der Waals surface area contributed by atoms with Crippen molar-refractivity contribution in [3.63, 3.8) is 0 Å². The highest BCUT2D eigenvalue weighted by molar-refractivity contribution is 6.08. The standard InChI is InChI=1S/C22H24N4O2/c1-3-7-20(27)17-12-25(19-9-6-5-8-16(17)19)14-22(28)26-11-15-10-23-21(4-2)24-18(15)13-26/h5-6,8-10,12H,3-4,7,11,13-14H2,1-2H3. The number of nitrogens with zero attached hydrogens (tertiary/aromatic N) is 4. The summed E-state index contributed by atoms with van der Waals surface area (Å²) >= 11 is 0. The van der Waals surface area contributed by atoms with Crippen molar-refractivity contribution in [2.24, 2.45) is 0 Å². The van der Waals surface area contributed by atoms with Gasteiger partial charge in [-0.1, -0.05) is 32.0 Å². The minimum Gasteiger partial charge on any atom is -0.337 e. The Labute approximate surface area is 164 Å². The first-order chi connectivity index (χ1) is 13.6. The molecule has 3 heterocycles. The number of fused-ring (bicyclic) bond motifs is 2. The molecule has 1 amide bonds. The van der Waals surface area contributed by atoms with Crippen LogP contribution in [0.1, 0.15) is 54.1 Å². The van der Waals surface area contributed by atoms with Gasteiger partial charge in [0.25, 0.3) is 0 Å². The molecular weight excluding hydrogens is 352 g/mol. The van der Waals surface area contributed by atoms with Crippen LogP contribution in [-0.4, -0.2) is 31.1 Å². The summed E-state index contributed by atoms with van der Waals surface area (Å²) in [5.74, 6) is 0.954. The molecule has 0 N–H and O–H groups in total. The van der Waals surface area contributed by atoms with Crippen LogP contribution >= 0.6 is 0 Å². The van der Waals surface area contributed by atoms with E-state index in [1.165, 1.54) is 0 Å². The minimum absolute atomic E-state index is 0.0197. The van der Waals surface area contributed by atoms with Crippen LogP contribution in [0.4, 0.5) is 0 Å². The average molecular weight is 376 g/mol. The highest BCUT2D eigenvalue weighted by Gasteiger charge is 2.26. The van der Waals surface area contributed by atoms with Crippen molar-refractivity contribution >= 4 is 22.6 Å². The summed E-state index contributed by atoms with van der Waals surface area (Å²) in [6.07, 6.45) is 5.77. The van der Waals surface area contributed by atoms with Crippen LogP contribution in [0, 0.1) is 0 Å². The predicted octanol–water partition coefficient (Wildman–Crippen LogP) is 3.52. The number of ketones is 1. The van der Waals surface area contributed by atoms with Gasteiger partial charge in [-0.2, -0.15) is 0 Å². The number of benzene rings is 1. The molecule has 6 nitrogen and oxygen atoms in total. The number of aryl methyl sites for hydroxylation is 1. The van der Waals surface area contributed by atoms with E-state index in [-0.39, 0.29) is 18.2 Å². The van der Waals surface area contributed by atoms with Gasteiger partial charge in [0.05, 0.1) is 12.2 Å². The topological polar surface area (TPSA) is 68.1 Å². The molecule has 2 aromatic heterocycles. The van der Waals surface area contributed by atoms with E-state index in [1.807, 2.05) is 55.1 Å². The van der Waals surface area contributed by atoms with E-state index < -0.39 is 0 Å². The van der Waals surface area contributed by atoms with Crippen molar-refractivity contribution in [3.8, 4) is 0 Å². The monoisotopic (exact) mass is 376 g/mol. The van der Waals surface area contributed by atoms with Gasteiger partial charge < -0.3 is 9.47 Å². The molecule has 4 rings (SSSR count). The van der Waals surface area contributed by atoms with E-state index in [2.05, 4.69) is 9.97 Å². The lowest BCUT2D eigenvalue weighted by atomic mass is 10.1. The molecule has 0 spiro atoms. The molecule has 0 saturated heterocycles. The van der Waals surface area contributed by atoms with Gasteiger partial charge in [-0.05, 0) is 12.5 Å². The van der Waals surface area contributed by atoms with Crippen molar-refractivity contribution in [1.82, 2.24) is 19.4 Å². The Kier molecular flexibility index (Phi) is 4.94. The molecule has 0 fully saturated rings. The first kappa shape index (κ1) is 18.3. The summed E-state index contributed by atoms with van der Waals surface area (Å²) in [6.45, 7) is 5.29. The minimum atomic E-state index is 0.0197. The molecule has 0 aliphatic carbocycles. The fraction of sp³-hybridized carbons (Fsp3) is 0.364. The number of Topliss-reactive ketones (excluding diaryl/α,β-unsaturated/α-hetero) is 1. The second-order valence-corrected chi connectivity index (χ2v) is 7.22. The Hall–Kier alpha value is -3.02. The van der Waals surface area contributed by atoms with E-state index in [0.717, 1.165) is 40.8 Å². The normalized spacial score (nSPS) is 13.1. The summed E-state index contributed by atoms with van der Waals surface area (Å²) in [5, 5.41) is 0.914. The smallest absolute Gasteiger partial charge is 0.243 e. The maximum atomic E-state index is 13.0. The second-order valence-electron chi connectivity index (χ2n) is 7.22. The Morgan fingerprint density at radius 2 is 1.96 bits per heavy atom. The largest absolute Gasteiger partial charge is 0.337 e. The molecule has 1 aliphatic rings. The molecule has 1 aliphatic heterocycles. The van der Waals surface area contributed by atoms with Crippen LogP contribution in [-0.2, 0) is 30.8 Å². The number of para-hydroxylation sites is 1. The summed E-state index contributed by atoms with van der Waals surface area (Å²) in [4.78, 5) is 36.2. The zero-order valence-corrected chi connectivity index (χ0v) is 16.3. The molecule has 0 atom stereocenters. The van der Waals surface area contributed by atoms with Crippen LogP contribution in [0.5, 0.6) is 0 Å². The molecule has 144 valence electrons. The third-order valence-electron chi connectivity index (χ3n) is 5.25. The highest BCUT2D eigenvalue weighted by Crippen LogP contribution is 2.25. The number of amides is 1. The Morgan fingerprint density at radius 3 is 2.75 bits per heavy atom. The molecule has 0 bridgehead atoms. The SMILES string of the molecule is CCCC(=O)c1cn(CC(=O)N2Cc3cnc(CC)nc3C2)c2ccccc12. The molecule has 1 aromatic carbocycles. The first-order valence-electron chi connectivity index (χ1n) is 9.83. The van der Waals surface area contributed by atoms with E-state index in [1.54, 1.807) is 4.90 Å². The van der Waals surface area contributed by atoms with Crippen molar-refractivity contribution in [1.29, 1.82) is 0 Å². The van der Waals surface area contributed by atoms with Crippen LogP contribution in [0.3, 0.4) is 0 Å². The van der Waals surface area contributed by atoms with E-state index in [4.69, 9.17) is 0 Å². The van der Waals surface area contributed by atoms with Gasteiger partial charge in [0.15, 0.2) is 5.78 Å². The number of carbonyl (C=O) groups is 2. The molecule has 28 heavy (non-hydrogen) atoms. The maximum Gasteiger partial charge on any atom is 0.243 e. The summed E-state index contributed by atoms with van der Waals surface area (Å²) in [5.41, 5.74) is 3.58. The number of aromatic nitrogens is 3. The molecule has 0 radical (unpaired) electrons. The van der Waals surface area contributed by atoms with Gasteiger partial charge in [-0.3, -0.25) is 9.59 Å². The molecule has 0 saturated carbocycles. The second kappa shape index (κ2) is 7.54. The summed E-state index contributed by atoms with van der Waals surface area (Å²) < 4.78 is 1.90. The van der Waals surface area contributed by atoms with Gasteiger partial charge in [0.2, 0.25) is 5.91 Å². The Morgan fingerprint density at radius 1 is 1.14 bits per heavy atom. The third kappa shape index (κ3) is 3.30. The molecule has 3 aromatic rings. The van der Waals surface area contributed by atoms with Gasteiger partial charge in [0, 0.05) is 53.8 Å². The molecule has 0 unspecified atom stereocenters. The number of hydrogen-bond donors (Lipinski definition) is 0. The Balaban J connectivity index is 1.57. The summed E-state index contributed by atoms with van der Waals surface area (Å²) in [7, 11) is 0. The van der Waals surface area contributed by atoms with Gasteiger partial charge in [-0.25, -0.2) is 9.97 Å². The number of hydrogen-bond acceptors (Lipinski definition) is 4. The lowest BCUT2D eigenvalue weighted by molar-refractivity contribution is -0.132. The average Bonchev–Trinajstić information content (AvgIpc) is 3.29. The zero-order chi connectivity index (χ0) is 19.7. The van der Waals surface area contributed by atoms with E-state index in [0.29, 0.717) is 25.1 Å². The fourth-order valence-corrected chi connectivity index (χ4v) is 3.75. The first-order valence-corrected chi connectivity index (χ1v) is 9.83. The van der Waals surface area contributed by atoms with Crippen molar-refractivity contribution in [2.45, 2.75) is 52.7 Å². The number of carbonyl (C=O) groups excluding carboxylic acids is 2. The fourth-order valence-electron chi connectivity index (χ4n) is 3.75. The van der Waals surface area contributed by atoms with E-state index >= 15 is 0 Å². The molecule has 6 heteroatoms. The predicted molar refractivity (Wildman–Crippen MR) is 107 cm³/mol. The van der Waals surface area contributed by atoms with Crippen molar-refractivity contribution < 1.29 is 9.59 Å². The quantitative estimate of drug-likeness (QED) is 0.617.